The van der Waals surface area contributed by atoms with Gasteiger partial charge < -0.3 is 15.0 Å². The van der Waals surface area contributed by atoms with Gasteiger partial charge in [-0.05, 0) is 42.6 Å². The van der Waals surface area contributed by atoms with Gasteiger partial charge in [-0.1, -0.05) is 12.1 Å². The number of methoxy groups -OCH3 is 1. The van der Waals surface area contributed by atoms with Crippen molar-refractivity contribution in [3.05, 3.63) is 53.6 Å². The van der Waals surface area contributed by atoms with Crippen LogP contribution in [0.5, 0.6) is 0 Å². The molecule has 0 aliphatic carbocycles. The fourth-order valence-electron chi connectivity index (χ4n) is 3.42. The summed E-state index contributed by atoms with van der Waals surface area (Å²) in [5.41, 5.74) is 2.00. The van der Waals surface area contributed by atoms with Crippen LogP contribution in [0.3, 0.4) is 0 Å². The molecule has 1 aliphatic rings. The highest BCUT2D eigenvalue weighted by molar-refractivity contribution is 5.27. The van der Waals surface area contributed by atoms with Crippen LogP contribution in [0.1, 0.15) is 23.7 Å². The smallest absolute Gasteiger partial charge is 0.123 e. The van der Waals surface area contributed by atoms with Gasteiger partial charge in [0.05, 0.1) is 18.3 Å². The quantitative estimate of drug-likeness (QED) is 0.796. The topological polar surface area (TPSA) is 42.3 Å². The molecule has 2 atom stereocenters. The summed E-state index contributed by atoms with van der Waals surface area (Å²) in [7, 11) is 3.66. The standard InChI is InChI=1S/C19H27FN4O/c1-23-9-8-18(22-23)19(16-3-5-17(20)6-4-16)21-13-15-7-10-24(14-15)11-12-25-2/h3-6,8-9,15,19,21H,7,10-14H2,1-2H3/t15-,19+/m1/s1. The van der Waals surface area contributed by atoms with Crippen LogP contribution in [-0.2, 0) is 11.8 Å². The van der Waals surface area contributed by atoms with Crippen molar-refractivity contribution >= 4 is 0 Å². The number of aromatic nitrogens is 2. The van der Waals surface area contributed by atoms with Crippen LogP contribution in [0.15, 0.2) is 36.5 Å². The van der Waals surface area contributed by atoms with Crippen molar-refractivity contribution < 1.29 is 9.13 Å². The molecule has 25 heavy (non-hydrogen) atoms. The maximum absolute atomic E-state index is 13.3. The summed E-state index contributed by atoms with van der Waals surface area (Å²) >= 11 is 0. The Labute approximate surface area is 148 Å². The van der Waals surface area contributed by atoms with Gasteiger partial charge >= 0.3 is 0 Å². The van der Waals surface area contributed by atoms with Gasteiger partial charge in [0.15, 0.2) is 0 Å². The van der Waals surface area contributed by atoms with Crippen LogP contribution >= 0.6 is 0 Å². The van der Waals surface area contributed by atoms with Gasteiger partial charge in [0.1, 0.15) is 5.82 Å². The number of benzene rings is 1. The maximum atomic E-state index is 13.3. The Morgan fingerprint density at radius 3 is 2.80 bits per heavy atom. The number of nitrogens with one attached hydrogen (secondary N) is 1. The number of nitrogens with zero attached hydrogens (tertiary/aromatic N) is 3. The largest absolute Gasteiger partial charge is 0.383 e. The summed E-state index contributed by atoms with van der Waals surface area (Å²) in [6, 6.07) is 8.68. The zero-order valence-electron chi connectivity index (χ0n) is 15.0. The Morgan fingerprint density at radius 1 is 1.32 bits per heavy atom. The van der Waals surface area contributed by atoms with Gasteiger partial charge in [0.25, 0.3) is 0 Å². The molecule has 0 bridgehead atoms. The first-order valence-electron chi connectivity index (χ1n) is 8.85. The summed E-state index contributed by atoms with van der Waals surface area (Å²) in [5.74, 6) is 0.400. The molecule has 0 unspecified atom stereocenters. The van der Waals surface area contributed by atoms with Gasteiger partial charge in [0, 0.05) is 40.0 Å². The predicted molar refractivity (Wildman–Crippen MR) is 95.9 cm³/mol. The third-order valence-corrected chi connectivity index (χ3v) is 4.83. The molecule has 3 rings (SSSR count). The molecule has 2 heterocycles. The molecule has 136 valence electrons. The molecule has 6 heteroatoms. The molecule has 1 aromatic carbocycles. The third-order valence-electron chi connectivity index (χ3n) is 4.83. The maximum Gasteiger partial charge on any atom is 0.123 e. The number of hydrogen-bond donors (Lipinski definition) is 1. The SMILES string of the molecule is COCCN1CC[C@H](CN[C@@H](c2ccc(F)cc2)c2ccn(C)n2)C1. The van der Waals surface area contributed by atoms with Crippen molar-refractivity contribution in [2.75, 3.05) is 39.9 Å². The highest BCUT2D eigenvalue weighted by Crippen LogP contribution is 2.23. The number of likely N-dealkylation sites (tertiary alicyclic amines) is 1. The van der Waals surface area contributed by atoms with Crippen molar-refractivity contribution in [1.29, 1.82) is 0 Å². The molecule has 1 saturated heterocycles. The molecule has 0 radical (unpaired) electrons. The molecule has 1 fully saturated rings. The van der Waals surface area contributed by atoms with Gasteiger partial charge in [-0.15, -0.1) is 0 Å². The van der Waals surface area contributed by atoms with Crippen LogP contribution in [0.25, 0.3) is 0 Å². The summed E-state index contributed by atoms with van der Waals surface area (Å²) in [5, 5.41) is 8.19. The van der Waals surface area contributed by atoms with E-state index in [9.17, 15) is 4.39 Å². The van der Waals surface area contributed by atoms with E-state index >= 15 is 0 Å². The van der Waals surface area contributed by atoms with Crippen LogP contribution < -0.4 is 5.32 Å². The Bertz CT molecular complexity index is 658. The van der Waals surface area contributed by atoms with E-state index in [-0.39, 0.29) is 11.9 Å². The molecule has 0 amide bonds. The van der Waals surface area contributed by atoms with Crippen molar-refractivity contribution in [1.82, 2.24) is 20.0 Å². The van der Waals surface area contributed by atoms with Crippen LogP contribution in [0.2, 0.25) is 0 Å². The highest BCUT2D eigenvalue weighted by Gasteiger charge is 2.24. The minimum absolute atomic E-state index is 0.0187. The lowest BCUT2D eigenvalue weighted by Crippen LogP contribution is -2.31. The average Bonchev–Trinajstić information content (AvgIpc) is 3.24. The molecule has 1 N–H and O–H groups in total. The number of halogens is 1. The molecule has 5 nitrogen and oxygen atoms in total. The second kappa shape index (κ2) is 8.56. The van der Waals surface area contributed by atoms with Gasteiger partial charge in [-0.3, -0.25) is 4.68 Å². The third kappa shape index (κ3) is 4.87. The van der Waals surface area contributed by atoms with Gasteiger partial charge in [-0.25, -0.2) is 4.39 Å². The Morgan fingerprint density at radius 2 is 2.12 bits per heavy atom. The van der Waals surface area contributed by atoms with E-state index in [1.807, 2.05) is 31.4 Å². The molecule has 1 aromatic heterocycles. The zero-order chi connectivity index (χ0) is 17.6. The Balaban J connectivity index is 1.64. The van der Waals surface area contributed by atoms with E-state index in [1.54, 1.807) is 11.8 Å². The monoisotopic (exact) mass is 346 g/mol. The molecule has 2 aromatic rings. The van der Waals surface area contributed by atoms with Crippen molar-refractivity contribution in [3.8, 4) is 0 Å². The minimum Gasteiger partial charge on any atom is -0.383 e. The van der Waals surface area contributed by atoms with Crippen molar-refractivity contribution in [3.63, 3.8) is 0 Å². The van der Waals surface area contributed by atoms with E-state index in [0.717, 1.165) is 44.0 Å². The summed E-state index contributed by atoms with van der Waals surface area (Å²) in [4.78, 5) is 2.45. The second-order valence-electron chi connectivity index (χ2n) is 6.76. The Hall–Kier alpha value is -1.76. The van der Waals surface area contributed by atoms with Gasteiger partial charge in [-0.2, -0.15) is 5.10 Å². The molecule has 0 spiro atoms. The fourth-order valence-corrected chi connectivity index (χ4v) is 3.42. The first kappa shape index (κ1) is 18.0. The first-order valence-corrected chi connectivity index (χ1v) is 8.85. The summed E-state index contributed by atoms with van der Waals surface area (Å²) < 4.78 is 20.2. The fraction of sp³-hybridized carbons (Fsp3) is 0.526. The number of aryl methyl sites for hydroxylation is 1. The van der Waals surface area contributed by atoms with Gasteiger partial charge in [0.2, 0.25) is 0 Å². The lowest BCUT2D eigenvalue weighted by molar-refractivity contribution is 0.159. The minimum atomic E-state index is -0.215. The van der Waals surface area contributed by atoms with E-state index in [2.05, 4.69) is 15.3 Å². The molecule has 0 saturated carbocycles. The van der Waals surface area contributed by atoms with E-state index in [4.69, 9.17) is 4.74 Å². The number of hydrogen-bond acceptors (Lipinski definition) is 4. The highest BCUT2D eigenvalue weighted by atomic mass is 19.1. The van der Waals surface area contributed by atoms with E-state index in [0.29, 0.717) is 5.92 Å². The predicted octanol–water partition coefficient (Wildman–Crippen LogP) is 2.21. The normalized spacial score (nSPS) is 19.4. The van der Waals surface area contributed by atoms with E-state index < -0.39 is 0 Å². The lowest BCUT2D eigenvalue weighted by Gasteiger charge is -2.21. The van der Waals surface area contributed by atoms with Crippen LogP contribution in [0.4, 0.5) is 4.39 Å². The Kier molecular flexibility index (Phi) is 6.18. The van der Waals surface area contributed by atoms with Crippen molar-refractivity contribution in [2.45, 2.75) is 12.5 Å². The second-order valence-corrected chi connectivity index (χ2v) is 6.76. The zero-order valence-corrected chi connectivity index (χ0v) is 15.0. The molecular weight excluding hydrogens is 319 g/mol. The lowest BCUT2D eigenvalue weighted by atomic mass is 10.0. The van der Waals surface area contributed by atoms with Crippen LogP contribution in [-0.4, -0.2) is 54.6 Å². The average molecular weight is 346 g/mol. The van der Waals surface area contributed by atoms with Crippen molar-refractivity contribution in [2.24, 2.45) is 13.0 Å². The summed E-state index contributed by atoms with van der Waals surface area (Å²) in [6.07, 6.45) is 3.13. The molecule has 1 aliphatic heterocycles. The molecular formula is C19H27FN4O. The summed E-state index contributed by atoms with van der Waals surface area (Å²) in [6.45, 7) is 4.91. The van der Waals surface area contributed by atoms with Crippen LogP contribution in [0, 0.1) is 11.7 Å². The number of ether oxygens (including phenoxy) is 1. The van der Waals surface area contributed by atoms with E-state index in [1.165, 1.54) is 18.6 Å². The first-order chi connectivity index (χ1) is 12.2. The number of rotatable bonds is 8.